The number of nitrogens with two attached hydrogens (primary N) is 1. The van der Waals surface area contributed by atoms with Crippen molar-refractivity contribution in [3.05, 3.63) is 28.8 Å². The maximum Gasteiger partial charge on any atom is 0.337 e. The third-order valence-electron chi connectivity index (χ3n) is 2.10. The van der Waals surface area contributed by atoms with Gasteiger partial charge >= 0.3 is 12.0 Å². The Hall–Kier alpha value is -1.73. The van der Waals surface area contributed by atoms with Gasteiger partial charge in [0.2, 0.25) is 5.91 Å². The van der Waals surface area contributed by atoms with Gasteiger partial charge in [-0.25, -0.2) is 9.59 Å². The van der Waals surface area contributed by atoms with E-state index in [-0.39, 0.29) is 10.6 Å². The molecule has 19 heavy (non-hydrogen) atoms. The summed E-state index contributed by atoms with van der Waals surface area (Å²) in [4.78, 5) is 33.5. The average molecular weight is 303 g/mol. The smallest absolute Gasteiger partial charge is 0.337 e. The molecule has 1 aromatic rings. The molecule has 1 atom stereocenters. The fraction of sp³-hybridized carbons (Fsp3) is 0.182. The Morgan fingerprint density at radius 3 is 2.58 bits per heavy atom. The van der Waals surface area contributed by atoms with Gasteiger partial charge in [0.05, 0.1) is 15.8 Å². The number of halogens is 1. The Morgan fingerprint density at radius 1 is 1.42 bits per heavy atom. The molecular formula is C11H11ClN2O4S. The van der Waals surface area contributed by atoms with E-state index in [2.05, 4.69) is 0 Å². The number of carbonyl (C=O) groups is 3. The Kier molecular flexibility index (Phi) is 5.20. The van der Waals surface area contributed by atoms with Gasteiger partial charge in [-0.15, -0.1) is 11.8 Å². The first-order valence-corrected chi connectivity index (χ1v) is 6.37. The van der Waals surface area contributed by atoms with Crippen LogP contribution < -0.4 is 11.1 Å². The highest BCUT2D eigenvalue weighted by atomic mass is 35.5. The van der Waals surface area contributed by atoms with Crippen LogP contribution in [0, 0.1) is 0 Å². The summed E-state index contributed by atoms with van der Waals surface area (Å²) in [5.74, 6) is -1.70. The van der Waals surface area contributed by atoms with E-state index >= 15 is 0 Å². The van der Waals surface area contributed by atoms with Crippen LogP contribution in [-0.4, -0.2) is 28.3 Å². The highest BCUT2D eigenvalue weighted by Crippen LogP contribution is 2.27. The monoisotopic (exact) mass is 302 g/mol. The SMILES string of the molecule is CC(Sc1ccc(Cl)c(C(=O)O)c1)C(=O)NC(N)=O. The minimum Gasteiger partial charge on any atom is -0.478 e. The van der Waals surface area contributed by atoms with Crippen molar-refractivity contribution in [2.75, 3.05) is 0 Å². The number of carboxylic acid groups (broad SMARTS) is 1. The molecule has 0 aromatic heterocycles. The van der Waals surface area contributed by atoms with Crippen molar-refractivity contribution in [1.29, 1.82) is 0 Å². The zero-order valence-corrected chi connectivity index (χ0v) is 11.4. The summed E-state index contributed by atoms with van der Waals surface area (Å²) in [6, 6.07) is 3.46. The Labute approximate surface area is 118 Å². The van der Waals surface area contributed by atoms with E-state index in [4.69, 9.17) is 22.4 Å². The summed E-state index contributed by atoms with van der Waals surface area (Å²) in [5, 5.41) is 10.4. The van der Waals surface area contributed by atoms with Crippen molar-refractivity contribution < 1.29 is 19.5 Å². The zero-order valence-electron chi connectivity index (χ0n) is 9.84. The fourth-order valence-electron chi connectivity index (χ4n) is 1.22. The highest BCUT2D eigenvalue weighted by Gasteiger charge is 2.17. The molecule has 0 aliphatic heterocycles. The molecule has 1 rings (SSSR count). The second-order valence-electron chi connectivity index (χ2n) is 3.56. The van der Waals surface area contributed by atoms with Crippen LogP contribution in [0.15, 0.2) is 23.1 Å². The Balaban J connectivity index is 2.82. The van der Waals surface area contributed by atoms with E-state index in [0.717, 1.165) is 11.8 Å². The van der Waals surface area contributed by atoms with Gasteiger partial charge < -0.3 is 10.8 Å². The molecular weight excluding hydrogens is 292 g/mol. The van der Waals surface area contributed by atoms with Crippen LogP contribution in [-0.2, 0) is 4.79 Å². The quantitative estimate of drug-likeness (QED) is 0.734. The number of thioether (sulfide) groups is 1. The first-order chi connectivity index (χ1) is 8.81. The van der Waals surface area contributed by atoms with Gasteiger partial charge in [0.25, 0.3) is 0 Å². The Morgan fingerprint density at radius 2 is 2.05 bits per heavy atom. The molecule has 4 N–H and O–H groups in total. The summed E-state index contributed by atoms with van der Waals surface area (Å²) >= 11 is 6.82. The second kappa shape index (κ2) is 6.44. The first-order valence-electron chi connectivity index (χ1n) is 5.11. The van der Waals surface area contributed by atoms with Crippen molar-refractivity contribution in [2.24, 2.45) is 5.73 Å². The third kappa shape index (κ3) is 4.46. The van der Waals surface area contributed by atoms with E-state index < -0.39 is 23.2 Å². The van der Waals surface area contributed by atoms with E-state index in [9.17, 15) is 14.4 Å². The van der Waals surface area contributed by atoms with Gasteiger partial charge in [0.1, 0.15) is 0 Å². The number of urea groups is 1. The highest BCUT2D eigenvalue weighted by molar-refractivity contribution is 8.00. The van der Waals surface area contributed by atoms with Crippen molar-refractivity contribution >= 4 is 41.3 Å². The predicted molar refractivity (Wildman–Crippen MR) is 71.5 cm³/mol. The lowest BCUT2D eigenvalue weighted by atomic mass is 10.2. The summed E-state index contributed by atoms with van der Waals surface area (Å²) < 4.78 is 0. The number of hydrogen-bond donors (Lipinski definition) is 3. The average Bonchev–Trinajstić information content (AvgIpc) is 2.30. The number of hydrogen-bond acceptors (Lipinski definition) is 4. The van der Waals surface area contributed by atoms with Gasteiger partial charge in [-0.3, -0.25) is 10.1 Å². The molecule has 1 unspecified atom stereocenters. The molecule has 0 saturated heterocycles. The topological polar surface area (TPSA) is 109 Å². The second-order valence-corrected chi connectivity index (χ2v) is 5.38. The van der Waals surface area contributed by atoms with Crippen LogP contribution in [0.1, 0.15) is 17.3 Å². The summed E-state index contributed by atoms with van der Waals surface area (Å²) in [6.07, 6.45) is 0. The number of carboxylic acids is 1. The van der Waals surface area contributed by atoms with Crippen molar-refractivity contribution in [3.63, 3.8) is 0 Å². The number of benzene rings is 1. The van der Waals surface area contributed by atoms with E-state index in [1.807, 2.05) is 5.32 Å². The summed E-state index contributed by atoms with van der Waals surface area (Å²) in [6.45, 7) is 1.57. The molecule has 3 amide bonds. The van der Waals surface area contributed by atoms with E-state index in [1.54, 1.807) is 13.0 Å². The lowest BCUT2D eigenvalue weighted by molar-refractivity contribution is -0.119. The minimum absolute atomic E-state index is 0.0471. The molecule has 0 heterocycles. The number of aromatic carboxylic acids is 1. The number of imide groups is 1. The minimum atomic E-state index is -1.15. The summed E-state index contributed by atoms with van der Waals surface area (Å²) in [5.41, 5.74) is 4.79. The predicted octanol–water partition coefficient (Wildman–Crippen LogP) is 1.71. The molecule has 0 radical (unpaired) electrons. The van der Waals surface area contributed by atoms with Crippen LogP contribution in [0.25, 0.3) is 0 Å². The van der Waals surface area contributed by atoms with Crippen molar-refractivity contribution in [2.45, 2.75) is 17.1 Å². The molecule has 8 heteroatoms. The number of carbonyl (C=O) groups excluding carboxylic acids is 2. The third-order valence-corrected chi connectivity index (χ3v) is 3.52. The molecule has 1 aromatic carbocycles. The largest absolute Gasteiger partial charge is 0.478 e. The standard InChI is InChI=1S/C11H11ClN2O4S/c1-5(9(15)14-11(13)18)19-6-2-3-8(12)7(4-6)10(16)17/h2-5H,1H3,(H,16,17)(H3,13,14,15,18). The molecule has 0 fully saturated rings. The number of rotatable bonds is 4. The van der Waals surface area contributed by atoms with Gasteiger partial charge in [-0.2, -0.15) is 0 Å². The van der Waals surface area contributed by atoms with Crippen LogP contribution in [0.4, 0.5) is 4.79 Å². The van der Waals surface area contributed by atoms with Crippen LogP contribution >= 0.6 is 23.4 Å². The molecule has 0 spiro atoms. The molecule has 0 aliphatic carbocycles. The first kappa shape index (κ1) is 15.3. The van der Waals surface area contributed by atoms with Gasteiger partial charge in [-0.1, -0.05) is 11.6 Å². The zero-order chi connectivity index (χ0) is 14.6. The Bertz CT molecular complexity index is 535. The molecule has 0 bridgehead atoms. The van der Waals surface area contributed by atoms with Crippen LogP contribution in [0.2, 0.25) is 5.02 Å². The van der Waals surface area contributed by atoms with Crippen LogP contribution in [0.5, 0.6) is 0 Å². The normalized spacial score (nSPS) is 11.7. The fourth-order valence-corrected chi connectivity index (χ4v) is 2.33. The van der Waals surface area contributed by atoms with E-state index in [0.29, 0.717) is 4.90 Å². The molecule has 0 aliphatic rings. The van der Waals surface area contributed by atoms with Crippen molar-refractivity contribution in [1.82, 2.24) is 5.32 Å². The van der Waals surface area contributed by atoms with Gasteiger partial charge in [0, 0.05) is 4.90 Å². The maximum absolute atomic E-state index is 11.5. The summed E-state index contributed by atoms with van der Waals surface area (Å²) in [7, 11) is 0. The number of nitrogens with one attached hydrogen (secondary N) is 1. The molecule has 6 nitrogen and oxygen atoms in total. The van der Waals surface area contributed by atoms with Gasteiger partial charge in [0.15, 0.2) is 0 Å². The van der Waals surface area contributed by atoms with Crippen LogP contribution in [0.3, 0.4) is 0 Å². The van der Waals surface area contributed by atoms with Gasteiger partial charge in [-0.05, 0) is 25.1 Å². The van der Waals surface area contributed by atoms with Crippen molar-refractivity contribution in [3.8, 4) is 0 Å². The maximum atomic E-state index is 11.5. The lowest BCUT2D eigenvalue weighted by Crippen LogP contribution is -2.39. The molecule has 102 valence electrons. The lowest BCUT2D eigenvalue weighted by Gasteiger charge is -2.10. The molecule has 0 saturated carbocycles. The van der Waals surface area contributed by atoms with E-state index in [1.165, 1.54) is 12.1 Å². The number of amides is 3. The number of primary amides is 1.